The summed E-state index contributed by atoms with van der Waals surface area (Å²) in [5.74, 6) is 0.455. The zero-order valence-corrected chi connectivity index (χ0v) is 12.8. The van der Waals surface area contributed by atoms with Crippen molar-refractivity contribution in [2.45, 2.75) is 12.7 Å². The van der Waals surface area contributed by atoms with Crippen LogP contribution in [0.2, 0.25) is 5.02 Å². The predicted molar refractivity (Wildman–Crippen MR) is 81.8 cm³/mol. The number of nitrogens with zero attached hydrogens (tertiary/aromatic N) is 2. The molecule has 0 spiro atoms. The van der Waals surface area contributed by atoms with Gasteiger partial charge in [-0.1, -0.05) is 47.1 Å². The average Bonchev–Trinajstić information content (AvgIpc) is 3.00. The zero-order chi connectivity index (χ0) is 17.3. The molecule has 1 aromatic carbocycles. The SMILES string of the molecule is O=c1c(Cl)cc(C(F)(F)F)cn1Cc1cc(-c2ccccc2)on1. The number of hydrogen-bond donors (Lipinski definition) is 0. The Labute approximate surface area is 139 Å². The summed E-state index contributed by atoms with van der Waals surface area (Å²) in [4.78, 5) is 11.9. The first kappa shape index (κ1) is 16.3. The maximum absolute atomic E-state index is 12.8. The summed E-state index contributed by atoms with van der Waals surface area (Å²) in [5, 5.41) is 3.29. The van der Waals surface area contributed by atoms with Gasteiger partial charge >= 0.3 is 6.18 Å². The highest BCUT2D eigenvalue weighted by Gasteiger charge is 2.32. The van der Waals surface area contributed by atoms with Crippen molar-refractivity contribution in [3.8, 4) is 11.3 Å². The molecule has 3 aromatic rings. The third kappa shape index (κ3) is 3.35. The molecule has 0 aliphatic carbocycles. The molecule has 2 aromatic heterocycles. The number of benzene rings is 1. The van der Waals surface area contributed by atoms with Crippen LogP contribution in [0.15, 0.2) is 58.0 Å². The summed E-state index contributed by atoms with van der Waals surface area (Å²) in [5.41, 5.74) is -0.648. The first-order chi connectivity index (χ1) is 11.3. The molecule has 0 N–H and O–H groups in total. The second-order valence-corrected chi connectivity index (χ2v) is 5.46. The minimum Gasteiger partial charge on any atom is -0.356 e. The molecule has 0 fully saturated rings. The minimum absolute atomic E-state index is 0.182. The van der Waals surface area contributed by atoms with Crippen molar-refractivity contribution < 1.29 is 17.7 Å². The fraction of sp³-hybridized carbons (Fsp3) is 0.125. The van der Waals surface area contributed by atoms with Gasteiger partial charge in [0, 0.05) is 17.8 Å². The van der Waals surface area contributed by atoms with Crippen molar-refractivity contribution in [2.75, 3.05) is 0 Å². The van der Waals surface area contributed by atoms with E-state index in [0.717, 1.165) is 10.1 Å². The van der Waals surface area contributed by atoms with Crippen LogP contribution in [-0.4, -0.2) is 9.72 Å². The Morgan fingerprint density at radius 2 is 1.88 bits per heavy atom. The standard InChI is InChI=1S/C16H10ClF3N2O2/c17-13-6-11(16(18,19)20)8-22(15(13)23)9-12-7-14(24-21-12)10-4-2-1-3-5-10/h1-8H,9H2. The molecule has 0 bridgehead atoms. The fourth-order valence-electron chi connectivity index (χ4n) is 2.17. The van der Waals surface area contributed by atoms with E-state index in [4.69, 9.17) is 16.1 Å². The lowest BCUT2D eigenvalue weighted by molar-refractivity contribution is -0.138. The highest BCUT2D eigenvalue weighted by molar-refractivity contribution is 6.30. The van der Waals surface area contributed by atoms with E-state index in [1.54, 1.807) is 18.2 Å². The highest BCUT2D eigenvalue weighted by Crippen LogP contribution is 2.29. The van der Waals surface area contributed by atoms with Crippen molar-refractivity contribution in [1.29, 1.82) is 0 Å². The number of alkyl halides is 3. The Bertz CT molecular complexity index is 917. The van der Waals surface area contributed by atoms with Gasteiger partial charge in [-0.2, -0.15) is 13.2 Å². The van der Waals surface area contributed by atoms with E-state index in [-0.39, 0.29) is 6.54 Å². The van der Waals surface area contributed by atoms with Gasteiger partial charge < -0.3 is 9.09 Å². The van der Waals surface area contributed by atoms with Gasteiger partial charge in [-0.15, -0.1) is 0 Å². The number of pyridine rings is 1. The molecule has 0 aliphatic rings. The van der Waals surface area contributed by atoms with E-state index in [1.165, 1.54) is 0 Å². The lowest BCUT2D eigenvalue weighted by atomic mass is 10.1. The molecule has 124 valence electrons. The topological polar surface area (TPSA) is 48.0 Å². The van der Waals surface area contributed by atoms with Gasteiger partial charge in [-0.05, 0) is 6.07 Å². The minimum atomic E-state index is -4.60. The molecule has 0 radical (unpaired) electrons. The predicted octanol–water partition coefficient (Wildman–Crippen LogP) is 4.22. The Morgan fingerprint density at radius 1 is 1.17 bits per heavy atom. The van der Waals surface area contributed by atoms with Crippen LogP contribution in [0.5, 0.6) is 0 Å². The normalized spacial score (nSPS) is 11.7. The molecular formula is C16H10ClF3N2O2. The van der Waals surface area contributed by atoms with Crippen LogP contribution < -0.4 is 5.56 Å². The van der Waals surface area contributed by atoms with E-state index in [2.05, 4.69) is 5.16 Å². The Kier molecular flexibility index (Phi) is 4.19. The first-order valence-corrected chi connectivity index (χ1v) is 7.20. The van der Waals surface area contributed by atoms with Crippen molar-refractivity contribution >= 4 is 11.6 Å². The summed E-state index contributed by atoms with van der Waals surface area (Å²) in [7, 11) is 0. The van der Waals surface area contributed by atoms with Crippen molar-refractivity contribution in [3.05, 3.63) is 75.3 Å². The van der Waals surface area contributed by atoms with Gasteiger partial charge in [0.05, 0.1) is 12.1 Å². The molecule has 8 heteroatoms. The van der Waals surface area contributed by atoms with Gasteiger partial charge in [-0.25, -0.2) is 0 Å². The monoisotopic (exact) mass is 354 g/mol. The largest absolute Gasteiger partial charge is 0.417 e. The lowest BCUT2D eigenvalue weighted by Gasteiger charge is -2.10. The zero-order valence-electron chi connectivity index (χ0n) is 12.0. The van der Waals surface area contributed by atoms with E-state index >= 15 is 0 Å². The molecule has 0 amide bonds. The summed E-state index contributed by atoms with van der Waals surface area (Å²) in [6.45, 7) is -0.182. The number of hydrogen-bond acceptors (Lipinski definition) is 3. The van der Waals surface area contributed by atoms with Crippen LogP contribution in [-0.2, 0) is 12.7 Å². The Hall–Kier alpha value is -2.54. The van der Waals surface area contributed by atoms with E-state index < -0.39 is 22.3 Å². The van der Waals surface area contributed by atoms with Gasteiger partial charge in [0.25, 0.3) is 5.56 Å². The lowest BCUT2D eigenvalue weighted by Crippen LogP contribution is -2.23. The highest BCUT2D eigenvalue weighted by atomic mass is 35.5. The molecule has 0 saturated heterocycles. The van der Waals surface area contributed by atoms with E-state index in [9.17, 15) is 18.0 Å². The molecule has 3 rings (SSSR count). The van der Waals surface area contributed by atoms with Crippen LogP contribution in [0.1, 0.15) is 11.3 Å². The maximum atomic E-state index is 12.8. The van der Waals surface area contributed by atoms with Crippen LogP contribution in [0, 0.1) is 0 Å². The maximum Gasteiger partial charge on any atom is 0.417 e. The Morgan fingerprint density at radius 3 is 2.54 bits per heavy atom. The van der Waals surface area contributed by atoms with Crippen LogP contribution in [0.4, 0.5) is 13.2 Å². The van der Waals surface area contributed by atoms with Crippen molar-refractivity contribution in [2.24, 2.45) is 0 Å². The number of rotatable bonds is 3. The quantitative estimate of drug-likeness (QED) is 0.707. The molecule has 0 aliphatic heterocycles. The van der Waals surface area contributed by atoms with Gasteiger partial charge in [0.1, 0.15) is 10.7 Å². The summed E-state index contributed by atoms with van der Waals surface area (Å²) >= 11 is 5.62. The number of halogens is 4. The molecule has 4 nitrogen and oxygen atoms in total. The van der Waals surface area contributed by atoms with Crippen molar-refractivity contribution in [1.82, 2.24) is 9.72 Å². The van der Waals surface area contributed by atoms with Crippen molar-refractivity contribution in [3.63, 3.8) is 0 Å². The smallest absolute Gasteiger partial charge is 0.356 e. The second kappa shape index (κ2) is 6.16. The fourth-order valence-corrected chi connectivity index (χ4v) is 2.40. The molecule has 24 heavy (non-hydrogen) atoms. The van der Waals surface area contributed by atoms with Crippen LogP contribution >= 0.6 is 11.6 Å². The van der Waals surface area contributed by atoms with Gasteiger partial charge in [-0.3, -0.25) is 4.79 Å². The molecule has 0 unspecified atom stereocenters. The van der Waals surface area contributed by atoms with Crippen LogP contribution in [0.25, 0.3) is 11.3 Å². The second-order valence-electron chi connectivity index (χ2n) is 5.06. The van der Waals surface area contributed by atoms with Gasteiger partial charge in [0.2, 0.25) is 0 Å². The van der Waals surface area contributed by atoms with Crippen LogP contribution in [0.3, 0.4) is 0 Å². The molecule has 0 saturated carbocycles. The first-order valence-electron chi connectivity index (χ1n) is 6.83. The number of aromatic nitrogens is 2. The van der Waals surface area contributed by atoms with E-state index in [0.29, 0.717) is 23.7 Å². The third-order valence-electron chi connectivity index (χ3n) is 3.32. The molecule has 0 atom stereocenters. The van der Waals surface area contributed by atoms with Gasteiger partial charge in [0.15, 0.2) is 5.76 Å². The summed E-state index contributed by atoms with van der Waals surface area (Å²) in [6, 6.07) is 11.2. The summed E-state index contributed by atoms with van der Waals surface area (Å²) < 4.78 is 44.5. The molecular weight excluding hydrogens is 345 g/mol. The third-order valence-corrected chi connectivity index (χ3v) is 3.59. The van der Waals surface area contributed by atoms with E-state index in [1.807, 2.05) is 18.2 Å². The molecule has 2 heterocycles. The summed E-state index contributed by atoms with van der Waals surface area (Å²) in [6.07, 6.45) is -3.89. The average molecular weight is 355 g/mol. The Balaban J connectivity index is 1.93.